The van der Waals surface area contributed by atoms with E-state index in [1.165, 1.54) is 6.07 Å². The molecule has 2 N–H and O–H groups in total. The summed E-state index contributed by atoms with van der Waals surface area (Å²) in [6.07, 6.45) is -2.03. The third kappa shape index (κ3) is 4.13. The molecule has 11 nitrogen and oxygen atoms in total. The number of halogens is 3. The van der Waals surface area contributed by atoms with Crippen LogP contribution in [0.3, 0.4) is 0 Å². The molecule has 0 bridgehead atoms. The lowest BCUT2D eigenvalue weighted by molar-refractivity contribution is 0.00706. The third-order valence-corrected chi connectivity index (χ3v) is 6.17. The van der Waals surface area contributed by atoms with Crippen molar-refractivity contribution in [1.82, 2.24) is 25.1 Å². The second kappa shape index (κ2) is 8.92. The van der Waals surface area contributed by atoms with Crippen LogP contribution in [0.15, 0.2) is 22.7 Å². The molecule has 0 saturated carbocycles. The van der Waals surface area contributed by atoms with Gasteiger partial charge in [0.25, 0.3) is 6.01 Å². The second-order valence-corrected chi connectivity index (χ2v) is 8.76. The van der Waals surface area contributed by atoms with Crippen molar-refractivity contribution < 1.29 is 37.4 Å². The van der Waals surface area contributed by atoms with Crippen molar-refractivity contribution in [2.24, 2.45) is 0 Å². The molecular weight excluding hydrogens is 504 g/mol. The van der Waals surface area contributed by atoms with Crippen LogP contribution in [-0.4, -0.2) is 67.8 Å². The SMILES string of the molecule is Cc1nc(-c2cc(F)c(COc3nc4nc(O[C@@H]5COC6C5OC[C@H]6O)[nH]c4cc3Cl)c(F)c2)no1. The normalized spacial score (nSPS) is 23.4. The monoisotopic (exact) mass is 521 g/mol. The van der Waals surface area contributed by atoms with Crippen LogP contribution in [0.2, 0.25) is 5.02 Å². The first-order valence-corrected chi connectivity index (χ1v) is 11.3. The van der Waals surface area contributed by atoms with E-state index in [2.05, 4.69) is 25.1 Å². The lowest BCUT2D eigenvalue weighted by Gasteiger charge is -2.15. The zero-order valence-electron chi connectivity index (χ0n) is 18.6. The Balaban J connectivity index is 1.18. The summed E-state index contributed by atoms with van der Waals surface area (Å²) in [7, 11) is 0. The minimum atomic E-state index is -0.851. The van der Waals surface area contributed by atoms with Crippen molar-refractivity contribution in [2.45, 2.75) is 37.9 Å². The number of benzene rings is 1. The number of aromatic nitrogens is 5. The number of rotatable bonds is 6. The van der Waals surface area contributed by atoms with Gasteiger partial charge in [-0.3, -0.25) is 0 Å². The maximum atomic E-state index is 14.6. The average molecular weight is 522 g/mol. The highest BCUT2D eigenvalue weighted by Crippen LogP contribution is 2.32. The Bertz CT molecular complexity index is 1420. The average Bonchev–Trinajstić information content (AvgIpc) is 3.60. The molecule has 2 saturated heterocycles. The highest BCUT2D eigenvalue weighted by molar-refractivity contribution is 6.32. The quantitative estimate of drug-likeness (QED) is 0.389. The van der Waals surface area contributed by atoms with Crippen LogP contribution in [0, 0.1) is 18.6 Å². The van der Waals surface area contributed by atoms with Crippen LogP contribution in [0.4, 0.5) is 8.78 Å². The van der Waals surface area contributed by atoms with Crippen LogP contribution >= 0.6 is 11.6 Å². The van der Waals surface area contributed by atoms with Gasteiger partial charge in [-0.15, -0.1) is 0 Å². The first kappa shape index (κ1) is 23.0. The number of hydrogen-bond acceptors (Lipinski definition) is 10. The molecule has 2 unspecified atom stereocenters. The molecule has 4 atom stereocenters. The van der Waals surface area contributed by atoms with Crippen LogP contribution in [0.25, 0.3) is 22.6 Å². The molecule has 3 aromatic heterocycles. The number of fused-ring (bicyclic) bond motifs is 2. The van der Waals surface area contributed by atoms with Gasteiger partial charge in [0.05, 0.1) is 24.3 Å². The Morgan fingerprint density at radius 1 is 1.11 bits per heavy atom. The predicted octanol–water partition coefficient (Wildman–Crippen LogP) is 2.73. The largest absolute Gasteiger partial charge is 0.471 e. The molecule has 188 valence electrons. The topological polar surface area (TPSA) is 138 Å². The van der Waals surface area contributed by atoms with Gasteiger partial charge in [-0.1, -0.05) is 16.8 Å². The predicted molar refractivity (Wildman–Crippen MR) is 118 cm³/mol. The Labute approximate surface area is 206 Å². The summed E-state index contributed by atoms with van der Waals surface area (Å²) in [5, 5.41) is 13.6. The molecule has 1 aromatic carbocycles. The lowest BCUT2D eigenvalue weighted by atomic mass is 10.1. The van der Waals surface area contributed by atoms with Crippen molar-refractivity contribution in [1.29, 1.82) is 0 Å². The summed E-state index contributed by atoms with van der Waals surface area (Å²) >= 11 is 6.27. The summed E-state index contributed by atoms with van der Waals surface area (Å²) in [5.74, 6) is -1.43. The number of H-pyrrole nitrogens is 1. The number of nitrogens with one attached hydrogen (secondary N) is 1. The molecule has 5 heterocycles. The summed E-state index contributed by atoms with van der Waals surface area (Å²) < 4.78 is 56.6. The molecule has 4 aromatic rings. The maximum absolute atomic E-state index is 14.6. The molecule has 0 aliphatic carbocycles. The number of imidazole rings is 1. The fourth-order valence-electron chi connectivity index (χ4n) is 4.15. The minimum Gasteiger partial charge on any atom is -0.471 e. The van der Waals surface area contributed by atoms with Crippen LogP contribution in [-0.2, 0) is 16.1 Å². The number of aliphatic hydroxyl groups excluding tert-OH is 1. The molecule has 0 radical (unpaired) electrons. The zero-order valence-corrected chi connectivity index (χ0v) is 19.3. The minimum absolute atomic E-state index is 0.0644. The molecule has 2 fully saturated rings. The summed E-state index contributed by atoms with van der Waals surface area (Å²) in [6.45, 7) is 1.50. The van der Waals surface area contributed by atoms with Crippen LogP contribution in [0.1, 0.15) is 11.5 Å². The Morgan fingerprint density at radius 3 is 2.64 bits per heavy atom. The van der Waals surface area contributed by atoms with Gasteiger partial charge >= 0.3 is 0 Å². The molecular formula is C22H18ClF2N5O6. The van der Waals surface area contributed by atoms with Gasteiger partial charge in [0.2, 0.25) is 17.6 Å². The lowest BCUT2D eigenvalue weighted by Crippen LogP contribution is -2.34. The van der Waals surface area contributed by atoms with Crippen molar-refractivity contribution in [3.05, 3.63) is 46.3 Å². The Morgan fingerprint density at radius 2 is 1.89 bits per heavy atom. The van der Waals surface area contributed by atoms with Crippen LogP contribution in [0.5, 0.6) is 11.9 Å². The number of pyridine rings is 1. The van der Waals surface area contributed by atoms with Gasteiger partial charge in [0.1, 0.15) is 41.6 Å². The number of aromatic amines is 1. The van der Waals surface area contributed by atoms with Gasteiger partial charge in [-0.25, -0.2) is 8.78 Å². The van der Waals surface area contributed by atoms with E-state index in [4.69, 9.17) is 35.1 Å². The van der Waals surface area contributed by atoms with Gasteiger partial charge in [-0.05, 0) is 18.2 Å². The van der Waals surface area contributed by atoms with E-state index in [0.717, 1.165) is 12.1 Å². The van der Waals surface area contributed by atoms with E-state index in [-0.39, 0.29) is 58.6 Å². The molecule has 2 aliphatic heterocycles. The first-order chi connectivity index (χ1) is 17.4. The van der Waals surface area contributed by atoms with Crippen molar-refractivity contribution >= 4 is 22.8 Å². The number of aliphatic hydroxyl groups is 1. The summed E-state index contributed by atoms with van der Waals surface area (Å²) in [5.41, 5.74) is 0.486. The Hall–Kier alpha value is -3.39. The van der Waals surface area contributed by atoms with Crippen LogP contribution < -0.4 is 9.47 Å². The van der Waals surface area contributed by atoms with Gasteiger partial charge in [0.15, 0.2) is 11.8 Å². The second-order valence-electron chi connectivity index (χ2n) is 8.35. The van der Waals surface area contributed by atoms with E-state index < -0.39 is 42.7 Å². The smallest absolute Gasteiger partial charge is 0.296 e. The van der Waals surface area contributed by atoms with E-state index in [1.807, 2.05) is 0 Å². The molecule has 36 heavy (non-hydrogen) atoms. The highest BCUT2D eigenvalue weighted by Gasteiger charge is 2.48. The van der Waals surface area contributed by atoms with E-state index in [1.54, 1.807) is 6.92 Å². The standard InChI is InChI=1S/C22H18ClF2N5O6/c1-8-26-19(30-36-8)9-2-12(24)10(13(25)3-9)5-34-21-11(23)4-14-20(28-21)29-22(27-14)35-16-7-33-17-15(31)6-32-18(16)17/h2-4,15-18,31H,5-7H2,1H3,(H,27,28,29)/t15-,16-,17?,18?/m1/s1. The number of nitrogens with zero attached hydrogens (tertiary/aromatic N) is 4. The number of hydrogen-bond donors (Lipinski definition) is 2. The molecule has 6 rings (SSSR count). The van der Waals surface area contributed by atoms with E-state index in [9.17, 15) is 13.9 Å². The first-order valence-electron chi connectivity index (χ1n) is 10.9. The maximum Gasteiger partial charge on any atom is 0.296 e. The zero-order chi connectivity index (χ0) is 25.0. The van der Waals surface area contributed by atoms with E-state index in [0.29, 0.717) is 5.52 Å². The summed E-state index contributed by atoms with van der Waals surface area (Å²) in [6, 6.07) is 3.84. The number of aryl methyl sites for hydroxylation is 1. The van der Waals surface area contributed by atoms with Crippen molar-refractivity contribution in [2.75, 3.05) is 13.2 Å². The third-order valence-electron chi connectivity index (χ3n) is 5.90. The highest BCUT2D eigenvalue weighted by atomic mass is 35.5. The van der Waals surface area contributed by atoms with Gasteiger partial charge in [0, 0.05) is 12.5 Å². The Kier molecular flexibility index (Phi) is 5.71. The fourth-order valence-corrected chi connectivity index (χ4v) is 4.36. The summed E-state index contributed by atoms with van der Waals surface area (Å²) in [4.78, 5) is 15.4. The molecule has 2 aliphatic rings. The molecule has 0 amide bonds. The fraction of sp³-hybridized carbons (Fsp3) is 0.364. The number of ether oxygens (including phenoxy) is 4. The molecule has 14 heteroatoms. The van der Waals surface area contributed by atoms with Gasteiger partial charge < -0.3 is 33.6 Å². The van der Waals surface area contributed by atoms with Gasteiger partial charge in [-0.2, -0.15) is 15.0 Å². The van der Waals surface area contributed by atoms with E-state index >= 15 is 0 Å². The van der Waals surface area contributed by atoms with Crippen molar-refractivity contribution in [3.8, 4) is 23.3 Å². The van der Waals surface area contributed by atoms with Crippen molar-refractivity contribution in [3.63, 3.8) is 0 Å². The molecule has 0 spiro atoms.